The molecule has 0 saturated carbocycles. The van der Waals surface area contributed by atoms with Gasteiger partial charge in [0.25, 0.3) is 5.91 Å². The van der Waals surface area contributed by atoms with Crippen LogP contribution in [-0.2, 0) is 4.79 Å². The Morgan fingerprint density at radius 1 is 1.17 bits per heavy atom. The molecule has 0 fully saturated rings. The van der Waals surface area contributed by atoms with Gasteiger partial charge < -0.3 is 14.8 Å². The highest BCUT2D eigenvalue weighted by Crippen LogP contribution is 2.31. The van der Waals surface area contributed by atoms with Gasteiger partial charge in [0.15, 0.2) is 5.76 Å². The molecule has 0 radical (unpaired) electrons. The van der Waals surface area contributed by atoms with E-state index in [2.05, 4.69) is 5.32 Å². The van der Waals surface area contributed by atoms with Crippen LogP contribution < -0.4 is 5.32 Å². The molecule has 23 heavy (non-hydrogen) atoms. The molecule has 2 N–H and O–H groups in total. The van der Waals surface area contributed by atoms with Crippen LogP contribution in [0.2, 0.25) is 0 Å². The highest BCUT2D eigenvalue weighted by molar-refractivity contribution is 6.00. The largest absolute Gasteiger partial charge is 0.481 e. The van der Waals surface area contributed by atoms with E-state index in [1.54, 1.807) is 0 Å². The minimum Gasteiger partial charge on any atom is -0.481 e. The number of carbonyl (C=O) groups excluding carboxylic acids is 1. The predicted molar refractivity (Wildman–Crippen MR) is 88.8 cm³/mol. The summed E-state index contributed by atoms with van der Waals surface area (Å²) in [7, 11) is 0. The van der Waals surface area contributed by atoms with Crippen LogP contribution in [0.5, 0.6) is 0 Å². The maximum atomic E-state index is 12.6. The zero-order valence-corrected chi connectivity index (χ0v) is 14.2. The lowest BCUT2D eigenvalue weighted by molar-refractivity contribution is -0.137. The molecular weight excluding hydrogens is 294 g/mol. The summed E-state index contributed by atoms with van der Waals surface area (Å²) in [5, 5.41) is 12.6. The van der Waals surface area contributed by atoms with Gasteiger partial charge in [0.1, 0.15) is 5.58 Å². The van der Waals surface area contributed by atoms with Crippen molar-refractivity contribution in [1.29, 1.82) is 0 Å². The summed E-state index contributed by atoms with van der Waals surface area (Å²) < 4.78 is 5.82. The second-order valence-corrected chi connectivity index (χ2v) is 6.69. The molecule has 0 bridgehead atoms. The minimum atomic E-state index is -0.876. The van der Waals surface area contributed by atoms with Crippen molar-refractivity contribution < 1.29 is 19.1 Å². The molecule has 2 aromatic rings. The quantitative estimate of drug-likeness (QED) is 0.880. The lowest BCUT2D eigenvalue weighted by Crippen LogP contribution is -2.43. The van der Waals surface area contributed by atoms with Gasteiger partial charge in [0.05, 0.1) is 0 Å². The highest BCUT2D eigenvalue weighted by atomic mass is 16.4. The maximum absolute atomic E-state index is 12.6. The fourth-order valence-corrected chi connectivity index (χ4v) is 2.74. The third kappa shape index (κ3) is 3.55. The van der Waals surface area contributed by atoms with Gasteiger partial charge in [-0.2, -0.15) is 0 Å². The van der Waals surface area contributed by atoms with Gasteiger partial charge in [-0.25, -0.2) is 0 Å². The zero-order valence-electron chi connectivity index (χ0n) is 14.2. The SMILES string of the molecule is Cc1ccc(C)c2c(C)c(C(=O)NC(C)(C)CCC(=O)O)oc12. The van der Waals surface area contributed by atoms with Crippen molar-refractivity contribution in [3.63, 3.8) is 0 Å². The number of aryl methyl sites for hydroxylation is 3. The molecule has 1 aromatic carbocycles. The Bertz CT molecular complexity index is 771. The van der Waals surface area contributed by atoms with Gasteiger partial charge >= 0.3 is 5.97 Å². The van der Waals surface area contributed by atoms with E-state index in [1.807, 2.05) is 46.8 Å². The molecule has 0 atom stereocenters. The average molecular weight is 317 g/mol. The molecule has 2 rings (SSSR count). The standard InChI is InChI=1S/C18H23NO4/c1-10-6-7-11(2)15-14(10)12(3)16(23-15)17(22)19-18(4,5)9-8-13(20)21/h6-7H,8-9H2,1-5H3,(H,19,22)(H,20,21). The normalized spacial score (nSPS) is 11.7. The lowest BCUT2D eigenvalue weighted by Gasteiger charge is -2.25. The molecule has 0 aliphatic rings. The molecule has 124 valence electrons. The molecule has 0 spiro atoms. The van der Waals surface area contributed by atoms with Gasteiger partial charge in [-0.15, -0.1) is 0 Å². The lowest BCUT2D eigenvalue weighted by atomic mass is 9.98. The third-order valence-corrected chi connectivity index (χ3v) is 4.10. The highest BCUT2D eigenvalue weighted by Gasteiger charge is 2.26. The van der Waals surface area contributed by atoms with Crippen LogP contribution >= 0.6 is 0 Å². The molecule has 5 heteroatoms. The van der Waals surface area contributed by atoms with Gasteiger partial charge in [0.2, 0.25) is 0 Å². The molecule has 5 nitrogen and oxygen atoms in total. The van der Waals surface area contributed by atoms with Crippen LogP contribution in [0.15, 0.2) is 16.5 Å². The molecular formula is C18H23NO4. The number of hydrogen-bond acceptors (Lipinski definition) is 3. The van der Waals surface area contributed by atoms with Crippen molar-refractivity contribution in [2.45, 2.75) is 53.0 Å². The molecule has 0 saturated heterocycles. The molecule has 1 aromatic heterocycles. The molecule has 0 unspecified atom stereocenters. The topological polar surface area (TPSA) is 79.5 Å². The number of furan rings is 1. The van der Waals surface area contributed by atoms with Crippen molar-refractivity contribution in [3.05, 3.63) is 34.6 Å². The van der Waals surface area contributed by atoms with E-state index < -0.39 is 11.5 Å². The van der Waals surface area contributed by atoms with Crippen LogP contribution in [0.1, 0.15) is 53.9 Å². The fraction of sp³-hybridized carbons (Fsp3) is 0.444. The first kappa shape index (κ1) is 17.1. The summed E-state index contributed by atoms with van der Waals surface area (Å²) in [6.07, 6.45) is 0.357. The predicted octanol–water partition coefficient (Wildman–Crippen LogP) is 3.73. The Kier molecular flexibility index (Phi) is 4.50. The van der Waals surface area contributed by atoms with E-state index in [0.29, 0.717) is 12.2 Å². The van der Waals surface area contributed by atoms with E-state index in [4.69, 9.17) is 9.52 Å². The number of aliphatic carboxylic acids is 1. The number of nitrogens with one attached hydrogen (secondary N) is 1. The summed E-state index contributed by atoms with van der Waals surface area (Å²) >= 11 is 0. The minimum absolute atomic E-state index is 0.00457. The maximum Gasteiger partial charge on any atom is 0.303 e. The van der Waals surface area contributed by atoms with Crippen LogP contribution in [0, 0.1) is 20.8 Å². The van der Waals surface area contributed by atoms with Crippen LogP contribution in [0.25, 0.3) is 11.0 Å². The van der Waals surface area contributed by atoms with Gasteiger partial charge in [-0.05, 0) is 52.2 Å². The fourth-order valence-electron chi connectivity index (χ4n) is 2.74. The van der Waals surface area contributed by atoms with Crippen molar-refractivity contribution in [2.24, 2.45) is 0 Å². The number of carbonyl (C=O) groups is 2. The molecule has 1 amide bonds. The van der Waals surface area contributed by atoms with Gasteiger partial charge in [-0.3, -0.25) is 9.59 Å². The Labute approximate surface area is 135 Å². The monoisotopic (exact) mass is 317 g/mol. The average Bonchev–Trinajstić information content (AvgIpc) is 2.80. The Morgan fingerprint density at radius 2 is 1.78 bits per heavy atom. The number of amides is 1. The summed E-state index contributed by atoms with van der Waals surface area (Å²) in [5.74, 6) is -0.896. The van der Waals surface area contributed by atoms with Crippen molar-refractivity contribution in [1.82, 2.24) is 5.32 Å². The van der Waals surface area contributed by atoms with Gasteiger partial charge in [-0.1, -0.05) is 12.1 Å². The van der Waals surface area contributed by atoms with Crippen LogP contribution in [-0.4, -0.2) is 22.5 Å². The molecule has 0 aliphatic carbocycles. The van der Waals surface area contributed by atoms with Crippen LogP contribution in [0.3, 0.4) is 0 Å². The number of carboxylic acids is 1. The summed E-state index contributed by atoms with van der Waals surface area (Å²) in [4.78, 5) is 23.3. The van der Waals surface area contributed by atoms with Crippen molar-refractivity contribution >= 4 is 22.8 Å². The summed E-state index contributed by atoms with van der Waals surface area (Å²) in [6, 6.07) is 3.98. The second kappa shape index (κ2) is 6.07. The summed E-state index contributed by atoms with van der Waals surface area (Å²) in [5.41, 5.74) is 2.97. The molecule has 1 heterocycles. The first-order valence-corrected chi connectivity index (χ1v) is 7.66. The van der Waals surface area contributed by atoms with Gasteiger partial charge in [0, 0.05) is 22.9 Å². The Balaban J connectivity index is 2.32. The molecule has 0 aliphatic heterocycles. The number of fused-ring (bicyclic) bond motifs is 1. The third-order valence-electron chi connectivity index (χ3n) is 4.10. The number of hydrogen-bond donors (Lipinski definition) is 2. The van der Waals surface area contributed by atoms with E-state index in [0.717, 1.165) is 27.7 Å². The second-order valence-electron chi connectivity index (χ2n) is 6.69. The number of carboxylic acid groups (broad SMARTS) is 1. The van der Waals surface area contributed by atoms with E-state index in [9.17, 15) is 9.59 Å². The van der Waals surface area contributed by atoms with E-state index in [1.165, 1.54) is 0 Å². The number of benzene rings is 1. The zero-order chi connectivity index (χ0) is 17.4. The van der Waals surface area contributed by atoms with E-state index >= 15 is 0 Å². The van der Waals surface area contributed by atoms with E-state index in [-0.39, 0.29) is 12.3 Å². The smallest absolute Gasteiger partial charge is 0.303 e. The summed E-state index contributed by atoms with van der Waals surface area (Å²) in [6.45, 7) is 9.42. The van der Waals surface area contributed by atoms with Crippen LogP contribution in [0.4, 0.5) is 0 Å². The number of rotatable bonds is 5. The van der Waals surface area contributed by atoms with Crippen molar-refractivity contribution in [3.8, 4) is 0 Å². The Hall–Kier alpha value is -2.30. The van der Waals surface area contributed by atoms with Crippen molar-refractivity contribution in [2.75, 3.05) is 0 Å². The first-order chi connectivity index (χ1) is 10.6. The Morgan fingerprint density at radius 3 is 2.35 bits per heavy atom. The first-order valence-electron chi connectivity index (χ1n) is 7.66.